The lowest BCUT2D eigenvalue weighted by atomic mass is 9.98. The molecule has 0 aromatic rings. The Bertz CT molecular complexity index is 313. The molecule has 4 nitrogen and oxygen atoms in total. The maximum atomic E-state index is 5.98. The van der Waals surface area contributed by atoms with Crippen LogP contribution in [0.25, 0.3) is 0 Å². The number of morpholine rings is 2. The molecular formula is C17H34N2O2. The van der Waals surface area contributed by atoms with Crippen molar-refractivity contribution < 1.29 is 9.47 Å². The molecule has 0 aromatic carbocycles. The van der Waals surface area contributed by atoms with Gasteiger partial charge in [-0.3, -0.25) is 9.80 Å². The smallest absolute Gasteiger partial charge is 0.0702 e. The highest BCUT2D eigenvalue weighted by molar-refractivity contribution is 4.86. The summed E-state index contributed by atoms with van der Waals surface area (Å²) in [5.74, 6) is 0. The van der Waals surface area contributed by atoms with E-state index in [-0.39, 0.29) is 0 Å². The highest BCUT2D eigenvalue weighted by atomic mass is 16.5. The second-order valence-electron chi connectivity index (χ2n) is 6.87. The number of hydrogen-bond donors (Lipinski definition) is 0. The standard InChI is InChI=1S/C17H34N2O2/c1-6-16-10-18(4)14(11-21-16)8-9-15-12-20-13(3)17(7-2)19(15)5/h13-17H,6-12H2,1-5H3. The molecule has 0 aliphatic carbocycles. The zero-order chi connectivity index (χ0) is 15.4. The Morgan fingerprint density at radius 2 is 1.62 bits per heavy atom. The molecule has 5 unspecified atom stereocenters. The highest BCUT2D eigenvalue weighted by Crippen LogP contribution is 2.24. The van der Waals surface area contributed by atoms with Crippen LogP contribution in [0.2, 0.25) is 0 Å². The lowest BCUT2D eigenvalue weighted by molar-refractivity contribution is -0.0943. The topological polar surface area (TPSA) is 24.9 Å². The maximum absolute atomic E-state index is 5.98. The van der Waals surface area contributed by atoms with Crippen LogP contribution in [0.4, 0.5) is 0 Å². The van der Waals surface area contributed by atoms with Crippen LogP contribution in [0.15, 0.2) is 0 Å². The summed E-state index contributed by atoms with van der Waals surface area (Å²) in [5, 5.41) is 0. The van der Waals surface area contributed by atoms with Crippen molar-refractivity contribution in [3.05, 3.63) is 0 Å². The summed E-state index contributed by atoms with van der Waals surface area (Å²) in [6, 6.07) is 1.69. The first-order chi connectivity index (χ1) is 10.1. The molecule has 4 heteroatoms. The van der Waals surface area contributed by atoms with E-state index in [4.69, 9.17) is 9.47 Å². The number of hydrogen-bond acceptors (Lipinski definition) is 4. The Hall–Kier alpha value is -0.160. The van der Waals surface area contributed by atoms with Gasteiger partial charge in [-0.05, 0) is 46.7 Å². The van der Waals surface area contributed by atoms with Crippen molar-refractivity contribution in [3.8, 4) is 0 Å². The van der Waals surface area contributed by atoms with Gasteiger partial charge in [0.05, 0.1) is 25.4 Å². The van der Waals surface area contributed by atoms with Crippen molar-refractivity contribution >= 4 is 0 Å². The van der Waals surface area contributed by atoms with Crippen LogP contribution in [0.3, 0.4) is 0 Å². The minimum atomic E-state index is 0.363. The molecular weight excluding hydrogens is 264 g/mol. The van der Waals surface area contributed by atoms with E-state index in [2.05, 4.69) is 44.7 Å². The molecule has 124 valence electrons. The van der Waals surface area contributed by atoms with Gasteiger partial charge in [-0.2, -0.15) is 0 Å². The Labute approximate surface area is 130 Å². The summed E-state index contributed by atoms with van der Waals surface area (Å²) in [5.41, 5.74) is 0. The zero-order valence-electron chi connectivity index (χ0n) is 14.5. The van der Waals surface area contributed by atoms with E-state index >= 15 is 0 Å². The third-order valence-electron chi connectivity index (χ3n) is 5.54. The quantitative estimate of drug-likeness (QED) is 0.778. The molecule has 0 bridgehead atoms. The predicted molar refractivity (Wildman–Crippen MR) is 86.7 cm³/mol. The van der Waals surface area contributed by atoms with Crippen molar-refractivity contribution in [3.63, 3.8) is 0 Å². The zero-order valence-corrected chi connectivity index (χ0v) is 14.5. The van der Waals surface area contributed by atoms with Crippen LogP contribution in [0, 0.1) is 0 Å². The van der Waals surface area contributed by atoms with Crippen molar-refractivity contribution in [2.24, 2.45) is 0 Å². The SMILES string of the molecule is CCC1CN(C)C(CCC2COC(C)C(CC)N2C)CO1. The molecule has 2 fully saturated rings. The summed E-state index contributed by atoms with van der Waals surface area (Å²) in [6.07, 6.45) is 5.48. The van der Waals surface area contributed by atoms with E-state index in [0.717, 1.165) is 26.2 Å². The average Bonchev–Trinajstić information content (AvgIpc) is 2.48. The summed E-state index contributed by atoms with van der Waals surface area (Å²) >= 11 is 0. The third-order valence-corrected chi connectivity index (χ3v) is 5.54. The lowest BCUT2D eigenvalue weighted by Gasteiger charge is -2.44. The predicted octanol–water partition coefficient (Wildman–Crippen LogP) is 2.37. The third kappa shape index (κ3) is 4.19. The van der Waals surface area contributed by atoms with Gasteiger partial charge < -0.3 is 9.47 Å². The molecule has 0 amide bonds. The molecule has 2 heterocycles. The highest BCUT2D eigenvalue weighted by Gasteiger charge is 2.33. The van der Waals surface area contributed by atoms with E-state index < -0.39 is 0 Å². The normalized spacial score (nSPS) is 39.6. The number of nitrogens with zero attached hydrogens (tertiary/aromatic N) is 2. The molecule has 0 radical (unpaired) electrons. The Morgan fingerprint density at radius 3 is 2.24 bits per heavy atom. The molecule has 21 heavy (non-hydrogen) atoms. The fraction of sp³-hybridized carbons (Fsp3) is 1.00. The molecule has 0 aromatic heterocycles. The van der Waals surface area contributed by atoms with Crippen molar-refractivity contribution in [2.45, 2.75) is 76.8 Å². The second kappa shape index (κ2) is 7.91. The molecule has 5 atom stereocenters. The van der Waals surface area contributed by atoms with Gasteiger partial charge in [0.1, 0.15) is 0 Å². The minimum absolute atomic E-state index is 0.363. The van der Waals surface area contributed by atoms with E-state index in [1.807, 2.05) is 0 Å². The fourth-order valence-electron chi connectivity index (χ4n) is 3.83. The molecule has 2 rings (SSSR count). The molecule has 2 aliphatic heterocycles. The number of rotatable bonds is 5. The fourth-order valence-corrected chi connectivity index (χ4v) is 3.83. The van der Waals surface area contributed by atoms with Crippen molar-refractivity contribution in [1.29, 1.82) is 0 Å². The Kier molecular flexibility index (Phi) is 6.48. The first kappa shape index (κ1) is 17.2. The van der Waals surface area contributed by atoms with Gasteiger partial charge in [-0.25, -0.2) is 0 Å². The molecule has 0 spiro atoms. The van der Waals surface area contributed by atoms with Gasteiger partial charge in [0, 0.05) is 24.7 Å². The summed E-state index contributed by atoms with van der Waals surface area (Å²) in [6.45, 7) is 9.51. The van der Waals surface area contributed by atoms with Crippen LogP contribution < -0.4 is 0 Å². The van der Waals surface area contributed by atoms with Gasteiger partial charge >= 0.3 is 0 Å². The van der Waals surface area contributed by atoms with Gasteiger partial charge in [0.25, 0.3) is 0 Å². The molecule has 2 saturated heterocycles. The number of likely N-dealkylation sites (N-methyl/N-ethyl adjacent to an activating group) is 2. The van der Waals surface area contributed by atoms with E-state index in [1.165, 1.54) is 19.3 Å². The van der Waals surface area contributed by atoms with Crippen LogP contribution >= 0.6 is 0 Å². The average molecular weight is 298 g/mol. The van der Waals surface area contributed by atoms with Crippen molar-refractivity contribution in [1.82, 2.24) is 9.80 Å². The van der Waals surface area contributed by atoms with Crippen LogP contribution in [-0.4, -0.2) is 74.0 Å². The van der Waals surface area contributed by atoms with Crippen LogP contribution in [-0.2, 0) is 9.47 Å². The van der Waals surface area contributed by atoms with Crippen molar-refractivity contribution in [2.75, 3.05) is 33.9 Å². The summed E-state index contributed by atoms with van der Waals surface area (Å²) in [4.78, 5) is 5.04. The van der Waals surface area contributed by atoms with Gasteiger partial charge in [0.15, 0.2) is 0 Å². The maximum Gasteiger partial charge on any atom is 0.0702 e. The second-order valence-corrected chi connectivity index (χ2v) is 6.87. The van der Waals surface area contributed by atoms with E-state index in [9.17, 15) is 0 Å². The van der Waals surface area contributed by atoms with E-state index in [0.29, 0.717) is 30.3 Å². The Balaban J connectivity index is 1.80. The van der Waals surface area contributed by atoms with Gasteiger partial charge in [-0.15, -0.1) is 0 Å². The lowest BCUT2D eigenvalue weighted by Crippen LogP contribution is -2.54. The molecule has 0 N–H and O–H groups in total. The van der Waals surface area contributed by atoms with Crippen LogP contribution in [0.5, 0.6) is 0 Å². The molecule has 0 saturated carbocycles. The first-order valence-electron chi connectivity index (χ1n) is 8.72. The van der Waals surface area contributed by atoms with Gasteiger partial charge in [0.2, 0.25) is 0 Å². The number of ether oxygens (including phenoxy) is 2. The first-order valence-corrected chi connectivity index (χ1v) is 8.72. The largest absolute Gasteiger partial charge is 0.375 e. The molecule has 2 aliphatic rings. The van der Waals surface area contributed by atoms with Gasteiger partial charge in [-0.1, -0.05) is 13.8 Å². The summed E-state index contributed by atoms with van der Waals surface area (Å²) < 4.78 is 11.9. The Morgan fingerprint density at radius 1 is 0.952 bits per heavy atom. The minimum Gasteiger partial charge on any atom is -0.375 e. The van der Waals surface area contributed by atoms with Crippen LogP contribution in [0.1, 0.15) is 46.5 Å². The van der Waals surface area contributed by atoms with E-state index in [1.54, 1.807) is 0 Å². The monoisotopic (exact) mass is 298 g/mol. The summed E-state index contributed by atoms with van der Waals surface area (Å²) in [7, 11) is 4.51.